The molecule has 28 heavy (non-hydrogen) atoms. The molecule has 4 unspecified atom stereocenters. The molecular weight excluding hydrogens is 348 g/mol. The maximum Gasteiger partial charge on any atom is 0.115 e. The van der Waals surface area contributed by atoms with Crippen LogP contribution in [-0.4, -0.2) is 37.3 Å². The molecule has 4 atom stereocenters. The molecule has 148 valence electrons. The second-order valence-electron chi connectivity index (χ2n) is 8.47. The predicted molar refractivity (Wildman–Crippen MR) is 113 cm³/mol. The number of piperazine rings is 1. The number of aromatic hydroxyl groups is 1. The second kappa shape index (κ2) is 7.74. The van der Waals surface area contributed by atoms with E-state index in [1.54, 1.807) is 0 Å². The Labute approximate surface area is 167 Å². The molecule has 2 heterocycles. The Bertz CT molecular complexity index is 785. The Morgan fingerprint density at radius 1 is 0.821 bits per heavy atom. The van der Waals surface area contributed by atoms with E-state index in [2.05, 4.69) is 57.5 Å². The molecule has 2 aliphatic heterocycles. The zero-order valence-corrected chi connectivity index (χ0v) is 16.3. The van der Waals surface area contributed by atoms with Gasteiger partial charge in [0, 0.05) is 37.9 Å². The first-order valence-corrected chi connectivity index (χ1v) is 10.6. The second-order valence-corrected chi connectivity index (χ2v) is 8.47. The number of phenols is 1. The zero-order valence-electron chi connectivity index (χ0n) is 16.3. The molecule has 2 aromatic rings. The molecule has 0 amide bonds. The SMILES string of the molecule is Oc1ccc(C2CCC3C(C2)NNC3c2ccc(N3CCNCC3)cc2)cc1. The minimum atomic E-state index is 0.349. The lowest BCUT2D eigenvalue weighted by molar-refractivity contribution is 0.280. The fourth-order valence-electron chi connectivity index (χ4n) is 5.26. The molecule has 0 aromatic heterocycles. The Balaban J connectivity index is 1.25. The van der Waals surface area contributed by atoms with Gasteiger partial charge in [-0.05, 0) is 66.5 Å². The van der Waals surface area contributed by atoms with E-state index in [0.717, 1.165) is 32.6 Å². The quantitative estimate of drug-likeness (QED) is 0.662. The van der Waals surface area contributed by atoms with Crippen molar-refractivity contribution in [2.75, 3.05) is 31.1 Å². The number of hydrogen-bond donors (Lipinski definition) is 4. The monoisotopic (exact) mass is 378 g/mol. The number of phenolic OH excluding ortho intramolecular Hbond substituents is 1. The van der Waals surface area contributed by atoms with Crippen LogP contribution in [0, 0.1) is 5.92 Å². The summed E-state index contributed by atoms with van der Waals surface area (Å²) in [4.78, 5) is 2.46. The average molecular weight is 379 g/mol. The number of fused-ring (bicyclic) bond motifs is 1. The average Bonchev–Trinajstić information content (AvgIpc) is 3.18. The summed E-state index contributed by atoms with van der Waals surface area (Å²) in [5.74, 6) is 1.56. The van der Waals surface area contributed by atoms with E-state index in [-0.39, 0.29) is 0 Å². The Hall–Kier alpha value is -2.08. The van der Waals surface area contributed by atoms with Crippen LogP contribution < -0.4 is 21.1 Å². The number of hydrogen-bond acceptors (Lipinski definition) is 5. The highest BCUT2D eigenvalue weighted by molar-refractivity contribution is 5.48. The third-order valence-corrected chi connectivity index (χ3v) is 6.85. The molecule has 0 spiro atoms. The van der Waals surface area contributed by atoms with Crippen molar-refractivity contribution in [1.82, 2.24) is 16.2 Å². The lowest BCUT2D eigenvalue weighted by Gasteiger charge is -2.33. The molecule has 2 saturated heterocycles. The van der Waals surface area contributed by atoms with Crippen molar-refractivity contribution in [1.29, 1.82) is 0 Å². The van der Waals surface area contributed by atoms with Gasteiger partial charge in [-0.3, -0.25) is 5.43 Å². The van der Waals surface area contributed by atoms with Gasteiger partial charge in [0.25, 0.3) is 0 Å². The van der Waals surface area contributed by atoms with Crippen LogP contribution in [0.25, 0.3) is 0 Å². The molecule has 5 rings (SSSR count). The van der Waals surface area contributed by atoms with Gasteiger partial charge in [-0.1, -0.05) is 24.3 Å². The normalized spacial score (nSPS) is 30.2. The summed E-state index contributed by atoms with van der Waals surface area (Å²) in [7, 11) is 0. The number of rotatable bonds is 3. The number of anilines is 1. The van der Waals surface area contributed by atoms with Crippen LogP contribution in [0.5, 0.6) is 5.75 Å². The minimum Gasteiger partial charge on any atom is -0.508 e. The Morgan fingerprint density at radius 2 is 1.54 bits per heavy atom. The summed E-state index contributed by atoms with van der Waals surface area (Å²) in [6, 6.07) is 17.9. The Morgan fingerprint density at radius 3 is 2.29 bits per heavy atom. The molecule has 5 heteroatoms. The third-order valence-electron chi connectivity index (χ3n) is 6.85. The van der Waals surface area contributed by atoms with E-state index in [1.165, 1.54) is 29.7 Å². The minimum absolute atomic E-state index is 0.349. The van der Waals surface area contributed by atoms with Gasteiger partial charge in [0.05, 0.1) is 6.04 Å². The van der Waals surface area contributed by atoms with Crippen LogP contribution in [-0.2, 0) is 0 Å². The summed E-state index contributed by atoms with van der Waals surface area (Å²) >= 11 is 0. The molecule has 5 nitrogen and oxygen atoms in total. The van der Waals surface area contributed by atoms with E-state index in [0.29, 0.717) is 29.7 Å². The maximum atomic E-state index is 9.54. The van der Waals surface area contributed by atoms with Crippen LogP contribution in [0.4, 0.5) is 5.69 Å². The van der Waals surface area contributed by atoms with Crippen LogP contribution >= 0.6 is 0 Å². The van der Waals surface area contributed by atoms with Crippen LogP contribution in [0.2, 0.25) is 0 Å². The first-order valence-electron chi connectivity index (χ1n) is 10.6. The first-order chi connectivity index (χ1) is 13.8. The zero-order chi connectivity index (χ0) is 18.9. The van der Waals surface area contributed by atoms with Gasteiger partial charge >= 0.3 is 0 Å². The fourth-order valence-corrected chi connectivity index (χ4v) is 5.26. The van der Waals surface area contributed by atoms with E-state index in [1.807, 2.05) is 12.1 Å². The van der Waals surface area contributed by atoms with Crippen molar-refractivity contribution < 1.29 is 5.11 Å². The lowest BCUT2D eigenvalue weighted by Crippen LogP contribution is -2.43. The molecule has 2 aromatic carbocycles. The van der Waals surface area contributed by atoms with Gasteiger partial charge in [-0.2, -0.15) is 0 Å². The lowest BCUT2D eigenvalue weighted by atomic mass is 9.73. The molecule has 0 radical (unpaired) electrons. The summed E-state index contributed by atoms with van der Waals surface area (Å²) in [6.07, 6.45) is 3.59. The van der Waals surface area contributed by atoms with Gasteiger partial charge < -0.3 is 15.3 Å². The van der Waals surface area contributed by atoms with Crippen molar-refractivity contribution >= 4 is 5.69 Å². The van der Waals surface area contributed by atoms with Gasteiger partial charge in [-0.15, -0.1) is 0 Å². The van der Waals surface area contributed by atoms with Crippen molar-refractivity contribution in [3.63, 3.8) is 0 Å². The third kappa shape index (κ3) is 3.50. The number of benzene rings is 2. The Kier molecular flexibility index (Phi) is 4.97. The van der Waals surface area contributed by atoms with Gasteiger partial charge in [-0.25, -0.2) is 5.43 Å². The van der Waals surface area contributed by atoms with Crippen molar-refractivity contribution in [3.05, 3.63) is 59.7 Å². The number of nitrogens with one attached hydrogen (secondary N) is 3. The molecular formula is C23H30N4O. The standard InChI is InChI=1S/C23H30N4O/c28-20-8-3-16(4-9-20)18-5-10-21-22(15-18)25-26-23(21)17-1-6-19(7-2-17)27-13-11-24-12-14-27/h1-4,6-9,18,21-26,28H,5,10-15H2. The molecule has 3 aliphatic rings. The van der Waals surface area contributed by atoms with Crippen LogP contribution in [0.3, 0.4) is 0 Å². The number of hydrazine groups is 1. The van der Waals surface area contributed by atoms with E-state index in [4.69, 9.17) is 0 Å². The first kappa shape index (κ1) is 18.0. The van der Waals surface area contributed by atoms with E-state index >= 15 is 0 Å². The van der Waals surface area contributed by atoms with Gasteiger partial charge in [0.2, 0.25) is 0 Å². The molecule has 1 aliphatic carbocycles. The van der Waals surface area contributed by atoms with E-state index in [9.17, 15) is 5.11 Å². The van der Waals surface area contributed by atoms with Crippen molar-refractivity contribution in [2.24, 2.45) is 5.92 Å². The summed E-state index contributed by atoms with van der Waals surface area (Å²) in [5, 5.41) is 13.0. The highest BCUT2D eigenvalue weighted by Gasteiger charge is 2.41. The highest BCUT2D eigenvalue weighted by Crippen LogP contribution is 2.43. The number of nitrogens with zero attached hydrogens (tertiary/aromatic N) is 1. The molecule has 1 saturated carbocycles. The largest absolute Gasteiger partial charge is 0.508 e. The molecule has 4 N–H and O–H groups in total. The smallest absolute Gasteiger partial charge is 0.115 e. The van der Waals surface area contributed by atoms with Crippen LogP contribution in [0.15, 0.2) is 48.5 Å². The topological polar surface area (TPSA) is 59.6 Å². The predicted octanol–water partition coefficient (Wildman–Crippen LogP) is 2.90. The van der Waals surface area contributed by atoms with Gasteiger partial charge in [0.1, 0.15) is 5.75 Å². The fraction of sp³-hybridized carbons (Fsp3) is 0.478. The summed E-state index contributed by atoms with van der Waals surface area (Å²) in [5.41, 5.74) is 11.2. The van der Waals surface area contributed by atoms with Crippen LogP contribution in [0.1, 0.15) is 42.3 Å². The maximum absolute atomic E-state index is 9.54. The summed E-state index contributed by atoms with van der Waals surface area (Å²) in [6.45, 7) is 4.32. The van der Waals surface area contributed by atoms with Crippen molar-refractivity contribution in [3.8, 4) is 5.75 Å². The highest BCUT2D eigenvalue weighted by atomic mass is 16.3. The van der Waals surface area contributed by atoms with E-state index < -0.39 is 0 Å². The van der Waals surface area contributed by atoms with Gasteiger partial charge in [0.15, 0.2) is 0 Å². The summed E-state index contributed by atoms with van der Waals surface area (Å²) < 4.78 is 0. The molecule has 3 fully saturated rings. The molecule has 0 bridgehead atoms. The van der Waals surface area contributed by atoms with Crippen molar-refractivity contribution in [2.45, 2.75) is 37.3 Å².